The molecule has 8 heterocycles. The number of phenolic OH excluding ortho intramolecular Hbond substituents is 13. The standard InChI is InChI=1S/C54H38O37/c55-15-1-10(2-16(56)27(15)62)43(72)89-47-39-38-36(87-48(76)50-7-23(61)52(78,91-51(50)49(77)88-41-20(60)8-82-54(41,51)80)53(79)40(50)26-12(45(74)86-39)4-19(59)30(65)37(26)90-53)22(84-47)9-81-44(73)11-3-17(57)28(63)32(67)24(11)25-13(46(75)85-38)6-21(31(66)33(25)68)83-35-14(42(70)71)5-18(58)29(64)34(35)69/h1-6,20,22,36,38-41,47,55-60,62-69,78-80H,7-9H2,(H,70,71)/t20-,22+,36+,38-,39+,40+,41+,47-,50-,51+,52+,53+,54-/m0/s1. The molecule has 5 aromatic rings. The van der Waals surface area contributed by atoms with Gasteiger partial charge in [-0.1, -0.05) is 0 Å². The zero-order valence-electron chi connectivity index (χ0n) is 44.5. The van der Waals surface area contributed by atoms with Gasteiger partial charge in [0.2, 0.25) is 52.5 Å². The predicted octanol–water partition coefficient (Wildman–Crippen LogP) is -1.97. The SMILES string of the molecule is O=C(O[C@@H]1O[C@@H]2COC(=O)c3cc(O)c(O)c(O)c3-c3c(cc(Oc4c(C(=O)O)cc(O)c(O)c4O)c(O)c3O)C(=O)O[C@@H]3[C@H]1OC(=O)c1cc(O)c(O)c4c1[C@H]1[C@@](O)(O4)[C@]4(O)O[C@]5(C(=O)O[C@@H]6[C@@H](O)CO[C@@]65O)[C@]1(CC4=O)C(=O)O[C@@H]32)c1cc(O)c(O)c(O)c1. The number of ether oxygens (including phenoxy) is 11. The largest absolute Gasteiger partial charge is 0.504 e. The number of cyclic esters (lactones) is 1. The molecule has 6 bridgehead atoms. The molecule has 5 aromatic carbocycles. The number of Topliss-reactive ketones (excluding diaryl/α,β-unsaturated/α-hetero) is 1. The molecular formula is C54H38O37. The number of aliphatic hydroxyl groups excluding tert-OH is 1. The first-order chi connectivity index (χ1) is 42.7. The van der Waals surface area contributed by atoms with Gasteiger partial charge in [0.25, 0.3) is 11.6 Å². The smallest absolute Gasteiger partial charge is 0.346 e. The molecule has 14 rings (SSSR count). The molecule has 8 aliphatic heterocycles. The van der Waals surface area contributed by atoms with Crippen molar-refractivity contribution in [2.75, 3.05) is 13.2 Å². The molecular weight excluding hydrogens is 1240 g/mol. The number of ketones is 1. The van der Waals surface area contributed by atoms with Crippen LogP contribution >= 0.6 is 0 Å². The number of benzene rings is 5. The van der Waals surface area contributed by atoms with E-state index in [9.17, 15) is 116 Å². The Labute approximate surface area is 498 Å². The Morgan fingerprint density at radius 2 is 1.15 bits per heavy atom. The van der Waals surface area contributed by atoms with Crippen LogP contribution in [0.4, 0.5) is 0 Å². The maximum absolute atomic E-state index is 16.4. The van der Waals surface area contributed by atoms with Gasteiger partial charge in [0.15, 0.2) is 87.3 Å². The van der Waals surface area contributed by atoms with Crippen molar-refractivity contribution >= 4 is 47.6 Å². The first-order valence-electron chi connectivity index (χ1n) is 25.9. The summed E-state index contributed by atoms with van der Waals surface area (Å²) in [6.07, 6.45) is -20.5. The van der Waals surface area contributed by atoms with Gasteiger partial charge in [0.1, 0.15) is 29.8 Å². The van der Waals surface area contributed by atoms with Crippen LogP contribution in [0.15, 0.2) is 36.4 Å². The van der Waals surface area contributed by atoms with Gasteiger partial charge in [-0.3, -0.25) is 9.59 Å². The summed E-state index contributed by atoms with van der Waals surface area (Å²) in [6, 6.07) is 2.07. The van der Waals surface area contributed by atoms with E-state index in [0.29, 0.717) is 30.3 Å². The van der Waals surface area contributed by atoms with Crippen LogP contribution in [0.3, 0.4) is 0 Å². The lowest BCUT2D eigenvalue weighted by atomic mass is 9.47. The first kappa shape index (κ1) is 58.8. The van der Waals surface area contributed by atoms with E-state index in [1.807, 2.05) is 0 Å². The van der Waals surface area contributed by atoms with Gasteiger partial charge in [0, 0.05) is 35.2 Å². The van der Waals surface area contributed by atoms with Crippen molar-refractivity contribution < 1.29 is 182 Å². The fourth-order valence-corrected chi connectivity index (χ4v) is 12.7. The molecule has 13 atom stereocenters. The first-order valence-corrected chi connectivity index (χ1v) is 25.9. The number of carboxylic acid groups (broad SMARTS) is 1. The van der Waals surface area contributed by atoms with Gasteiger partial charge in [0.05, 0.1) is 34.8 Å². The zero-order valence-corrected chi connectivity index (χ0v) is 44.5. The molecule has 1 aliphatic carbocycles. The number of esters is 6. The van der Waals surface area contributed by atoms with E-state index in [2.05, 4.69) is 0 Å². The number of phenols is 13. The number of aliphatic hydroxyl groups is 4. The number of carbonyl (C=O) groups excluding carboxylic acids is 7. The number of carbonyl (C=O) groups is 8. The van der Waals surface area contributed by atoms with E-state index < -0.39 is 281 Å². The lowest BCUT2D eigenvalue weighted by molar-refractivity contribution is -0.459. The molecule has 6 fully saturated rings. The molecule has 9 aliphatic rings. The Hall–Kier alpha value is -11.2. The van der Waals surface area contributed by atoms with Crippen molar-refractivity contribution in [2.24, 2.45) is 5.41 Å². The van der Waals surface area contributed by atoms with E-state index in [-0.39, 0.29) is 6.07 Å². The summed E-state index contributed by atoms with van der Waals surface area (Å²) in [7, 11) is 0. The van der Waals surface area contributed by atoms with Crippen LogP contribution in [0.25, 0.3) is 11.1 Å². The highest BCUT2D eigenvalue weighted by Crippen LogP contribution is 2.76. The minimum Gasteiger partial charge on any atom is -0.504 e. The Bertz CT molecular complexity index is 4230. The van der Waals surface area contributed by atoms with Crippen LogP contribution in [0.1, 0.15) is 69.7 Å². The summed E-state index contributed by atoms with van der Waals surface area (Å²) >= 11 is 0. The molecule has 2 spiro atoms. The highest BCUT2D eigenvalue weighted by Gasteiger charge is 2.97. The minimum atomic E-state index is -4.12. The Morgan fingerprint density at radius 3 is 1.82 bits per heavy atom. The van der Waals surface area contributed by atoms with Crippen molar-refractivity contribution in [3.8, 4) is 103 Å². The third-order valence-corrected chi connectivity index (χ3v) is 16.8. The predicted molar refractivity (Wildman–Crippen MR) is 268 cm³/mol. The van der Waals surface area contributed by atoms with Crippen LogP contribution in [0.5, 0.6) is 92.0 Å². The van der Waals surface area contributed by atoms with E-state index in [1.165, 1.54) is 0 Å². The topological polar surface area (TPSA) is 602 Å². The second-order valence-corrected chi connectivity index (χ2v) is 21.6. The number of hydrogen-bond acceptors (Lipinski definition) is 36. The summed E-state index contributed by atoms with van der Waals surface area (Å²) in [5.74, 6) is -54.0. The molecule has 0 radical (unpaired) electrons. The van der Waals surface area contributed by atoms with E-state index in [1.54, 1.807) is 0 Å². The molecule has 91 heavy (non-hydrogen) atoms. The molecule has 0 aromatic heterocycles. The van der Waals surface area contributed by atoms with Gasteiger partial charge in [-0.15, -0.1) is 0 Å². The Morgan fingerprint density at radius 1 is 0.571 bits per heavy atom. The second kappa shape index (κ2) is 18.9. The highest BCUT2D eigenvalue weighted by atomic mass is 16.8. The van der Waals surface area contributed by atoms with Crippen molar-refractivity contribution in [3.05, 3.63) is 69.8 Å². The van der Waals surface area contributed by atoms with Crippen molar-refractivity contribution in [1.29, 1.82) is 0 Å². The number of aromatic hydroxyl groups is 13. The minimum absolute atomic E-state index is 0.223. The average Bonchev–Trinajstić information content (AvgIpc) is 1.52. The van der Waals surface area contributed by atoms with E-state index in [4.69, 9.17) is 52.1 Å². The summed E-state index contributed by atoms with van der Waals surface area (Å²) in [4.78, 5) is 118. The van der Waals surface area contributed by atoms with Gasteiger partial charge in [-0.25, -0.2) is 28.8 Å². The Balaban J connectivity index is 1.08. The quantitative estimate of drug-likeness (QED) is 0.0516. The molecule has 37 heteroatoms. The zero-order chi connectivity index (χ0) is 65.7. The summed E-state index contributed by atoms with van der Waals surface area (Å²) in [6.45, 7) is -2.61. The molecule has 1 saturated carbocycles. The van der Waals surface area contributed by atoms with Crippen molar-refractivity contribution in [2.45, 2.75) is 78.2 Å². The maximum atomic E-state index is 16.4. The van der Waals surface area contributed by atoms with Crippen LogP contribution < -0.4 is 9.47 Å². The molecule has 18 N–H and O–H groups in total. The summed E-state index contributed by atoms with van der Waals surface area (Å²) in [5.41, 5.74) is -17.8. The van der Waals surface area contributed by atoms with Gasteiger partial charge in [-0.2, -0.15) is 0 Å². The molecule has 0 amide bonds. The van der Waals surface area contributed by atoms with Gasteiger partial charge < -0.3 is 144 Å². The van der Waals surface area contributed by atoms with Crippen LogP contribution in [-0.2, 0) is 57.0 Å². The van der Waals surface area contributed by atoms with Crippen molar-refractivity contribution in [1.82, 2.24) is 0 Å². The number of carboxylic acids is 1. The molecule has 37 nitrogen and oxygen atoms in total. The third-order valence-electron chi connectivity index (χ3n) is 16.8. The normalized spacial score (nSPS) is 31.5. The number of rotatable bonds is 5. The van der Waals surface area contributed by atoms with Crippen LogP contribution in [0.2, 0.25) is 0 Å². The van der Waals surface area contributed by atoms with Crippen LogP contribution in [0, 0.1) is 5.41 Å². The highest BCUT2D eigenvalue weighted by molar-refractivity contribution is 6.09. The number of aromatic carboxylic acids is 1. The third kappa shape index (κ3) is 7.38. The lowest BCUT2D eigenvalue weighted by Crippen LogP contribution is -2.88. The molecule has 5 saturated heterocycles. The van der Waals surface area contributed by atoms with Gasteiger partial charge in [-0.05, 0) is 24.3 Å². The Kier molecular flexibility index (Phi) is 12.2. The fraction of sp³-hybridized carbons (Fsp3) is 0.296. The summed E-state index contributed by atoms with van der Waals surface area (Å²) in [5, 5.41) is 201. The van der Waals surface area contributed by atoms with E-state index >= 15 is 14.4 Å². The van der Waals surface area contributed by atoms with Crippen molar-refractivity contribution in [3.63, 3.8) is 0 Å². The monoisotopic (exact) mass is 1280 g/mol. The maximum Gasteiger partial charge on any atom is 0.346 e. The summed E-state index contributed by atoms with van der Waals surface area (Å²) < 4.78 is 62.8. The van der Waals surface area contributed by atoms with Gasteiger partial charge >= 0.3 is 41.8 Å². The fourth-order valence-electron chi connectivity index (χ4n) is 12.7. The molecule has 476 valence electrons. The van der Waals surface area contributed by atoms with Crippen LogP contribution in [-0.4, -0.2) is 219 Å². The second-order valence-electron chi connectivity index (χ2n) is 21.6. The number of hydrogen-bond donors (Lipinski definition) is 18. The van der Waals surface area contributed by atoms with E-state index in [0.717, 1.165) is 0 Å². The average molecular weight is 1280 g/mol. The molecule has 0 unspecified atom stereocenters. The lowest BCUT2D eigenvalue weighted by Gasteiger charge is -2.64. The number of fused-ring (bicyclic) bond motifs is 5.